The molecule has 0 aliphatic rings. The molecule has 1 heterocycles. The Labute approximate surface area is 123 Å². The number of aliphatic hydroxyl groups excluding tert-OH is 1. The van der Waals surface area contributed by atoms with Crippen LogP contribution in [-0.2, 0) is 10.0 Å². The van der Waals surface area contributed by atoms with Crippen molar-refractivity contribution in [3.63, 3.8) is 0 Å². The molecule has 2 N–H and O–H groups in total. The maximum Gasteiger partial charge on any atom is 0.250 e. The average Bonchev–Trinajstić information content (AvgIpc) is 3.00. The van der Waals surface area contributed by atoms with E-state index in [9.17, 15) is 13.5 Å². The Bertz CT molecular complexity index is 624. The molecule has 108 valence electrons. The van der Waals surface area contributed by atoms with E-state index in [-0.39, 0.29) is 12.5 Å². The van der Waals surface area contributed by atoms with Crippen molar-refractivity contribution in [2.75, 3.05) is 6.54 Å². The molecule has 1 aromatic carbocycles. The van der Waals surface area contributed by atoms with E-state index in [1.165, 1.54) is 11.3 Å². The van der Waals surface area contributed by atoms with Gasteiger partial charge in [0.25, 0.3) is 0 Å². The number of nitrogens with one attached hydrogen (secondary N) is 1. The predicted octanol–water partition coefficient (Wildman–Crippen LogP) is 2.40. The van der Waals surface area contributed by atoms with Crippen molar-refractivity contribution in [1.29, 1.82) is 0 Å². The summed E-state index contributed by atoms with van der Waals surface area (Å²) in [6.07, 6.45) is -0.692. The van der Waals surface area contributed by atoms with Crippen molar-refractivity contribution >= 4 is 21.4 Å². The zero-order chi connectivity index (χ0) is 14.6. The lowest BCUT2D eigenvalue weighted by Crippen LogP contribution is -2.30. The molecule has 0 saturated heterocycles. The van der Waals surface area contributed by atoms with Gasteiger partial charge in [0.15, 0.2) is 0 Å². The highest BCUT2D eigenvalue weighted by Gasteiger charge is 2.20. The number of rotatable bonds is 6. The number of sulfonamides is 1. The Morgan fingerprint density at radius 3 is 2.50 bits per heavy atom. The summed E-state index contributed by atoms with van der Waals surface area (Å²) in [5, 5.41) is 11.9. The molecule has 20 heavy (non-hydrogen) atoms. The smallest absolute Gasteiger partial charge is 0.250 e. The van der Waals surface area contributed by atoms with Crippen LogP contribution in [0.3, 0.4) is 0 Å². The summed E-state index contributed by atoms with van der Waals surface area (Å²) in [6.45, 7) is 2.00. The third-order valence-corrected chi connectivity index (χ3v) is 5.86. The quantitative estimate of drug-likeness (QED) is 0.861. The molecule has 6 heteroatoms. The van der Waals surface area contributed by atoms with Gasteiger partial charge in [-0.3, -0.25) is 0 Å². The summed E-state index contributed by atoms with van der Waals surface area (Å²) in [4.78, 5) is 0. The van der Waals surface area contributed by atoms with E-state index in [2.05, 4.69) is 4.72 Å². The van der Waals surface area contributed by atoms with E-state index in [1.54, 1.807) is 17.5 Å². The van der Waals surface area contributed by atoms with Gasteiger partial charge in [-0.1, -0.05) is 43.3 Å². The van der Waals surface area contributed by atoms with E-state index in [1.807, 2.05) is 37.3 Å². The first-order valence-electron chi connectivity index (χ1n) is 6.27. The van der Waals surface area contributed by atoms with Crippen LogP contribution >= 0.6 is 11.3 Å². The summed E-state index contributed by atoms with van der Waals surface area (Å²) in [5.74, 6) is -0.216. The van der Waals surface area contributed by atoms with Crippen LogP contribution in [0.25, 0.3) is 0 Å². The first-order chi connectivity index (χ1) is 9.50. The second-order valence-electron chi connectivity index (χ2n) is 4.62. The number of benzene rings is 1. The van der Waals surface area contributed by atoms with Gasteiger partial charge >= 0.3 is 0 Å². The highest BCUT2D eigenvalue weighted by atomic mass is 32.2. The van der Waals surface area contributed by atoms with Crippen LogP contribution in [-0.4, -0.2) is 20.1 Å². The van der Waals surface area contributed by atoms with E-state index in [4.69, 9.17) is 0 Å². The minimum Gasteiger partial charge on any atom is -0.388 e. The molecule has 0 radical (unpaired) electrons. The van der Waals surface area contributed by atoms with Crippen molar-refractivity contribution in [2.24, 2.45) is 5.92 Å². The number of aliphatic hydroxyl groups is 1. The predicted molar refractivity (Wildman–Crippen MR) is 80.1 cm³/mol. The Hall–Kier alpha value is -1.21. The molecule has 0 aliphatic heterocycles. The monoisotopic (exact) mass is 311 g/mol. The highest BCUT2D eigenvalue weighted by Crippen LogP contribution is 2.22. The molecule has 0 amide bonds. The minimum absolute atomic E-state index is 0.191. The van der Waals surface area contributed by atoms with Gasteiger partial charge in [0.1, 0.15) is 4.21 Å². The van der Waals surface area contributed by atoms with Crippen LogP contribution in [0.5, 0.6) is 0 Å². The summed E-state index contributed by atoms with van der Waals surface area (Å²) in [7, 11) is -3.47. The molecule has 0 saturated carbocycles. The van der Waals surface area contributed by atoms with E-state index in [0.29, 0.717) is 4.21 Å². The van der Waals surface area contributed by atoms with Crippen molar-refractivity contribution < 1.29 is 13.5 Å². The molecule has 0 spiro atoms. The molecule has 0 bridgehead atoms. The molecule has 2 rings (SSSR count). The molecule has 2 aromatic rings. The van der Waals surface area contributed by atoms with E-state index in [0.717, 1.165) is 5.56 Å². The topological polar surface area (TPSA) is 66.4 Å². The van der Waals surface area contributed by atoms with Crippen LogP contribution < -0.4 is 4.72 Å². The first kappa shape index (κ1) is 15.2. The second kappa shape index (κ2) is 6.49. The normalized spacial score (nSPS) is 14.9. The fourth-order valence-corrected chi connectivity index (χ4v) is 4.00. The largest absolute Gasteiger partial charge is 0.388 e. The zero-order valence-corrected chi connectivity index (χ0v) is 12.7. The molecule has 0 fully saturated rings. The average molecular weight is 311 g/mol. The Morgan fingerprint density at radius 1 is 1.20 bits per heavy atom. The van der Waals surface area contributed by atoms with Crippen LogP contribution in [0, 0.1) is 5.92 Å². The van der Waals surface area contributed by atoms with Crippen LogP contribution in [0.4, 0.5) is 0 Å². The lowest BCUT2D eigenvalue weighted by atomic mass is 9.98. The van der Waals surface area contributed by atoms with Crippen LogP contribution in [0.2, 0.25) is 0 Å². The van der Waals surface area contributed by atoms with Gasteiger partial charge in [0.2, 0.25) is 10.0 Å². The molecular formula is C14H17NO3S2. The highest BCUT2D eigenvalue weighted by molar-refractivity contribution is 7.91. The third kappa shape index (κ3) is 3.67. The first-order valence-corrected chi connectivity index (χ1v) is 8.63. The van der Waals surface area contributed by atoms with E-state index < -0.39 is 16.1 Å². The summed E-state index contributed by atoms with van der Waals surface area (Å²) in [5.41, 5.74) is 0.787. The Balaban J connectivity index is 1.97. The van der Waals surface area contributed by atoms with Crippen LogP contribution in [0.1, 0.15) is 18.6 Å². The zero-order valence-electron chi connectivity index (χ0n) is 11.1. The van der Waals surface area contributed by atoms with Gasteiger partial charge < -0.3 is 5.11 Å². The number of hydrogen-bond acceptors (Lipinski definition) is 4. The maximum absolute atomic E-state index is 12.0. The number of hydrogen-bond donors (Lipinski definition) is 2. The van der Waals surface area contributed by atoms with Crippen molar-refractivity contribution in [3.8, 4) is 0 Å². The van der Waals surface area contributed by atoms with Gasteiger partial charge in [0, 0.05) is 6.54 Å². The van der Waals surface area contributed by atoms with E-state index >= 15 is 0 Å². The van der Waals surface area contributed by atoms with Crippen molar-refractivity contribution in [2.45, 2.75) is 17.2 Å². The maximum atomic E-state index is 12.0. The van der Waals surface area contributed by atoms with Gasteiger partial charge in [-0.05, 0) is 22.9 Å². The molecular weight excluding hydrogens is 294 g/mol. The number of thiophene rings is 1. The lowest BCUT2D eigenvalue weighted by molar-refractivity contribution is 0.120. The van der Waals surface area contributed by atoms with Crippen molar-refractivity contribution in [3.05, 3.63) is 53.4 Å². The molecule has 2 atom stereocenters. The van der Waals surface area contributed by atoms with Gasteiger partial charge in [-0.2, -0.15) is 0 Å². The molecule has 4 nitrogen and oxygen atoms in total. The lowest BCUT2D eigenvalue weighted by Gasteiger charge is -2.19. The fraction of sp³-hybridized carbons (Fsp3) is 0.286. The van der Waals surface area contributed by atoms with Gasteiger partial charge in [-0.25, -0.2) is 13.1 Å². The second-order valence-corrected chi connectivity index (χ2v) is 7.56. The third-order valence-electron chi connectivity index (χ3n) is 3.04. The van der Waals surface area contributed by atoms with Crippen LogP contribution in [0.15, 0.2) is 52.1 Å². The standard InChI is InChI=1S/C14H17NO3S2/c1-11(14(16)12-6-3-2-4-7-12)10-15-20(17,18)13-8-5-9-19-13/h2-9,11,14-16H,10H2,1H3. The molecule has 0 aliphatic carbocycles. The SMILES string of the molecule is CC(CNS(=O)(=O)c1cccs1)C(O)c1ccccc1. The molecule has 1 aromatic heterocycles. The summed E-state index contributed by atoms with van der Waals surface area (Å²) < 4.78 is 26.8. The van der Waals surface area contributed by atoms with Crippen molar-refractivity contribution in [1.82, 2.24) is 4.72 Å². The summed E-state index contributed by atoms with van der Waals surface area (Å²) >= 11 is 1.17. The Morgan fingerprint density at radius 2 is 1.90 bits per heavy atom. The Kier molecular flexibility index (Phi) is 4.93. The summed E-state index contributed by atoms with van der Waals surface area (Å²) in [6, 6.07) is 12.5. The fourth-order valence-electron chi connectivity index (χ4n) is 1.82. The molecule has 2 unspecified atom stereocenters. The van der Waals surface area contributed by atoms with Gasteiger partial charge in [-0.15, -0.1) is 11.3 Å². The van der Waals surface area contributed by atoms with Gasteiger partial charge in [0.05, 0.1) is 6.10 Å². The minimum atomic E-state index is -3.47.